The molecule has 1 fully saturated rings. The molecule has 1 saturated heterocycles. The zero-order valence-electron chi connectivity index (χ0n) is 14.0. The van der Waals surface area contributed by atoms with Crippen LogP contribution < -0.4 is 10.5 Å². The summed E-state index contributed by atoms with van der Waals surface area (Å²) in [5, 5.41) is 13.4. The Kier molecular flexibility index (Phi) is 4.48. The highest BCUT2D eigenvalue weighted by Gasteiger charge is 2.12. The summed E-state index contributed by atoms with van der Waals surface area (Å²) < 4.78 is 1.28. The Balaban J connectivity index is 1.86. The number of rotatable bonds is 3. The Labute approximate surface area is 141 Å². The van der Waals surface area contributed by atoms with Gasteiger partial charge in [-0.1, -0.05) is 12.1 Å². The van der Waals surface area contributed by atoms with Crippen molar-refractivity contribution < 1.29 is 0 Å². The first-order chi connectivity index (χ1) is 11.6. The highest BCUT2D eigenvalue weighted by molar-refractivity contribution is 5.80. The van der Waals surface area contributed by atoms with Crippen molar-refractivity contribution in [3.63, 3.8) is 0 Å². The first kappa shape index (κ1) is 16.0. The minimum absolute atomic E-state index is 0.141. The quantitative estimate of drug-likeness (QED) is 0.817. The van der Waals surface area contributed by atoms with Crippen molar-refractivity contribution in [2.24, 2.45) is 5.10 Å². The fraction of sp³-hybridized carbons (Fsp3) is 0.316. The molecule has 5 heteroatoms. The van der Waals surface area contributed by atoms with Crippen LogP contribution in [0.4, 0.5) is 5.69 Å². The van der Waals surface area contributed by atoms with E-state index in [2.05, 4.69) is 22.1 Å². The van der Waals surface area contributed by atoms with Gasteiger partial charge in [0.1, 0.15) is 11.6 Å². The number of nitriles is 1. The molecule has 0 aliphatic carbocycles. The second-order valence-electron chi connectivity index (χ2n) is 6.10. The second kappa shape index (κ2) is 6.71. The maximum Gasteiger partial charge on any atom is 0.289 e. The fourth-order valence-corrected chi connectivity index (χ4v) is 3.03. The molecule has 0 bridgehead atoms. The number of hydrogen-bond donors (Lipinski definition) is 0. The van der Waals surface area contributed by atoms with Crippen LogP contribution in [0.25, 0.3) is 0 Å². The molecule has 0 atom stereocenters. The molecule has 2 heterocycles. The average Bonchev–Trinajstić information content (AvgIpc) is 3.10. The van der Waals surface area contributed by atoms with E-state index >= 15 is 0 Å². The lowest BCUT2D eigenvalue weighted by Gasteiger charge is -2.17. The maximum absolute atomic E-state index is 12.3. The van der Waals surface area contributed by atoms with Crippen molar-refractivity contribution in [3.05, 3.63) is 63.1 Å². The molecule has 0 saturated carbocycles. The number of nitrogens with zero attached hydrogens (tertiary/aromatic N) is 4. The van der Waals surface area contributed by atoms with Crippen LogP contribution in [0.5, 0.6) is 0 Å². The van der Waals surface area contributed by atoms with E-state index in [4.69, 9.17) is 5.26 Å². The van der Waals surface area contributed by atoms with Crippen LogP contribution in [0.2, 0.25) is 0 Å². The molecule has 1 aliphatic heterocycles. The van der Waals surface area contributed by atoms with Gasteiger partial charge in [0.2, 0.25) is 0 Å². The average molecular weight is 320 g/mol. The monoisotopic (exact) mass is 320 g/mol. The maximum atomic E-state index is 12.3. The van der Waals surface area contributed by atoms with E-state index in [0.29, 0.717) is 11.3 Å². The lowest BCUT2D eigenvalue weighted by molar-refractivity contribution is 0.786. The van der Waals surface area contributed by atoms with Crippen molar-refractivity contribution in [3.8, 4) is 6.07 Å². The van der Waals surface area contributed by atoms with Crippen molar-refractivity contribution in [1.82, 2.24) is 4.68 Å². The van der Waals surface area contributed by atoms with Gasteiger partial charge in [-0.2, -0.15) is 10.4 Å². The summed E-state index contributed by atoms with van der Waals surface area (Å²) in [5.41, 5.74) is 3.30. The summed E-state index contributed by atoms with van der Waals surface area (Å²) in [6.07, 6.45) is 4.15. The Morgan fingerprint density at radius 1 is 1.17 bits per heavy atom. The van der Waals surface area contributed by atoms with Crippen LogP contribution in [0, 0.1) is 25.2 Å². The molecule has 2 aromatic rings. The van der Waals surface area contributed by atoms with Gasteiger partial charge < -0.3 is 4.90 Å². The van der Waals surface area contributed by atoms with E-state index in [1.807, 2.05) is 25.1 Å². The number of aryl methyl sites for hydroxylation is 2. The lowest BCUT2D eigenvalue weighted by Crippen LogP contribution is -2.22. The number of hydrogen-bond acceptors (Lipinski definition) is 4. The molecule has 1 aromatic carbocycles. The minimum Gasteiger partial charge on any atom is -0.372 e. The normalized spacial score (nSPS) is 14.3. The van der Waals surface area contributed by atoms with E-state index < -0.39 is 0 Å². The van der Waals surface area contributed by atoms with E-state index in [9.17, 15) is 4.79 Å². The van der Waals surface area contributed by atoms with Gasteiger partial charge in [0, 0.05) is 24.5 Å². The van der Waals surface area contributed by atoms with Crippen LogP contribution in [0.3, 0.4) is 0 Å². The molecular weight excluding hydrogens is 300 g/mol. The summed E-state index contributed by atoms with van der Waals surface area (Å²) in [6, 6.07) is 11.9. The van der Waals surface area contributed by atoms with Gasteiger partial charge in [0.15, 0.2) is 0 Å². The van der Waals surface area contributed by atoms with Crippen molar-refractivity contribution >= 4 is 11.9 Å². The van der Waals surface area contributed by atoms with Gasteiger partial charge >= 0.3 is 0 Å². The largest absolute Gasteiger partial charge is 0.372 e. The second-order valence-corrected chi connectivity index (χ2v) is 6.10. The molecule has 0 unspecified atom stereocenters. The standard InChI is InChI=1S/C19H20N4O/c1-14-11-15(2)23(19(24)18(14)12-20)21-13-16-5-7-17(8-6-16)22-9-3-4-10-22/h5-8,11,13H,3-4,9-10H2,1-2H3/b21-13+. The highest BCUT2D eigenvalue weighted by Crippen LogP contribution is 2.20. The number of benzene rings is 1. The first-order valence-electron chi connectivity index (χ1n) is 8.13. The van der Waals surface area contributed by atoms with Crippen LogP contribution in [0.1, 0.15) is 35.2 Å². The summed E-state index contributed by atoms with van der Waals surface area (Å²) in [5.74, 6) is 0. The molecule has 0 N–H and O–H groups in total. The lowest BCUT2D eigenvalue weighted by atomic mass is 10.1. The SMILES string of the molecule is Cc1cc(C)n(/N=C/c2ccc(N3CCCC3)cc2)c(=O)c1C#N. The van der Waals surface area contributed by atoms with Gasteiger partial charge in [0.25, 0.3) is 5.56 Å². The molecule has 1 aliphatic rings. The molecule has 5 nitrogen and oxygen atoms in total. The van der Waals surface area contributed by atoms with Crippen LogP contribution in [-0.2, 0) is 0 Å². The fourth-order valence-electron chi connectivity index (χ4n) is 3.03. The molecule has 1 aromatic heterocycles. The topological polar surface area (TPSA) is 61.4 Å². The molecule has 3 rings (SSSR count). The van der Waals surface area contributed by atoms with Crippen molar-refractivity contribution in [2.45, 2.75) is 26.7 Å². The summed E-state index contributed by atoms with van der Waals surface area (Å²) in [6.45, 7) is 5.80. The number of pyridine rings is 1. The van der Waals surface area contributed by atoms with Gasteiger partial charge in [-0.3, -0.25) is 4.79 Å². The van der Waals surface area contributed by atoms with E-state index in [-0.39, 0.29) is 11.1 Å². The predicted octanol–water partition coefficient (Wildman–Crippen LogP) is 2.82. The van der Waals surface area contributed by atoms with E-state index in [1.54, 1.807) is 19.2 Å². The van der Waals surface area contributed by atoms with Crippen LogP contribution >= 0.6 is 0 Å². The van der Waals surface area contributed by atoms with Crippen LogP contribution in [-0.4, -0.2) is 24.0 Å². The van der Waals surface area contributed by atoms with Gasteiger partial charge in [-0.05, 0) is 56.0 Å². The Hall–Kier alpha value is -2.87. The number of anilines is 1. The van der Waals surface area contributed by atoms with Gasteiger partial charge in [0.05, 0.1) is 6.21 Å². The predicted molar refractivity (Wildman–Crippen MR) is 95.8 cm³/mol. The van der Waals surface area contributed by atoms with Crippen LogP contribution in [0.15, 0.2) is 40.2 Å². The smallest absolute Gasteiger partial charge is 0.289 e. The third-order valence-electron chi connectivity index (χ3n) is 4.36. The third kappa shape index (κ3) is 3.09. The molecule has 0 radical (unpaired) electrons. The molecular formula is C19H20N4O. The van der Waals surface area contributed by atoms with E-state index in [1.165, 1.54) is 23.2 Å². The summed E-state index contributed by atoms with van der Waals surface area (Å²) >= 11 is 0. The van der Waals surface area contributed by atoms with Gasteiger partial charge in [-0.15, -0.1) is 0 Å². The third-order valence-corrected chi connectivity index (χ3v) is 4.36. The minimum atomic E-state index is -0.375. The Morgan fingerprint density at radius 2 is 1.83 bits per heavy atom. The molecule has 122 valence electrons. The molecule has 0 spiro atoms. The summed E-state index contributed by atoms with van der Waals surface area (Å²) in [7, 11) is 0. The van der Waals surface area contributed by atoms with Gasteiger partial charge in [-0.25, -0.2) is 4.68 Å². The zero-order valence-corrected chi connectivity index (χ0v) is 14.0. The van der Waals surface area contributed by atoms with E-state index in [0.717, 1.165) is 18.7 Å². The Morgan fingerprint density at radius 3 is 2.46 bits per heavy atom. The zero-order chi connectivity index (χ0) is 17.1. The van der Waals surface area contributed by atoms with Crippen molar-refractivity contribution in [1.29, 1.82) is 5.26 Å². The highest BCUT2D eigenvalue weighted by atomic mass is 16.1. The first-order valence-corrected chi connectivity index (χ1v) is 8.13. The summed E-state index contributed by atoms with van der Waals surface area (Å²) in [4.78, 5) is 14.7. The Bertz CT molecular complexity index is 866. The molecule has 24 heavy (non-hydrogen) atoms. The molecule has 0 amide bonds. The number of aromatic nitrogens is 1. The van der Waals surface area contributed by atoms with Crippen molar-refractivity contribution in [2.75, 3.05) is 18.0 Å².